The van der Waals surface area contributed by atoms with Gasteiger partial charge in [0.15, 0.2) is 11.8 Å². The summed E-state index contributed by atoms with van der Waals surface area (Å²) in [4.78, 5) is 9.95. The summed E-state index contributed by atoms with van der Waals surface area (Å²) in [6, 6.07) is 9.11. The largest absolute Gasteiger partial charge is 0.478 e. The molecule has 0 amide bonds. The van der Waals surface area contributed by atoms with E-state index < -0.39 is 0 Å². The van der Waals surface area contributed by atoms with E-state index in [4.69, 9.17) is 19.5 Å². The van der Waals surface area contributed by atoms with Crippen LogP contribution in [0.1, 0.15) is 38.8 Å². The summed E-state index contributed by atoms with van der Waals surface area (Å²) in [6.45, 7) is 10.2. The highest BCUT2D eigenvalue weighted by atomic mass is 16.5. The Hall–Kier alpha value is -1.84. The summed E-state index contributed by atoms with van der Waals surface area (Å²) in [5.41, 5.74) is 2.37. The molecule has 3 aliphatic rings. The van der Waals surface area contributed by atoms with Crippen LogP contribution in [0.3, 0.4) is 0 Å². The van der Waals surface area contributed by atoms with Crippen molar-refractivity contribution in [3.8, 4) is 0 Å². The van der Waals surface area contributed by atoms with Gasteiger partial charge in [-0.15, -0.1) is 0 Å². The zero-order valence-electron chi connectivity index (χ0n) is 15.7. The first kappa shape index (κ1) is 16.6. The molecule has 1 aromatic carbocycles. The molecule has 0 N–H and O–H groups in total. The molecular weight excluding hydrogens is 312 g/mol. The summed E-state index contributed by atoms with van der Waals surface area (Å²) in [6.07, 6.45) is 1.74. The molecule has 0 saturated carbocycles. The molecule has 2 heterocycles. The van der Waals surface area contributed by atoms with E-state index in [0.717, 1.165) is 24.6 Å². The van der Waals surface area contributed by atoms with Gasteiger partial charge in [-0.2, -0.15) is 0 Å². The lowest BCUT2D eigenvalue weighted by molar-refractivity contribution is 0.241. The number of aliphatic imine (C=N–C) groups is 2. The molecule has 4 rings (SSSR count). The third-order valence-electron chi connectivity index (χ3n) is 5.81. The summed E-state index contributed by atoms with van der Waals surface area (Å²) >= 11 is 0. The van der Waals surface area contributed by atoms with E-state index in [-0.39, 0.29) is 17.5 Å². The molecule has 0 unspecified atom stereocenters. The van der Waals surface area contributed by atoms with Gasteiger partial charge in [-0.05, 0) is 35.8 Å². The molecule has 0 bridgehead atoms. The van der Waals surface area contributed by atoms with E-state index in [0.29, 0.717) is 25.0 Å². The summed E-state index contributed by atoms with van der Waals surface area (Å²) < 4.78 is 12.3. The zero-order valence-corrected chi connectivity index (χ0v) is 15.7. The predicted octanol–water partition coefficient (Wildman–Crippen LogP) is 3.68. The molecule has 0 saturated heterocycles. The fraction of sp³-hybridized carbons (Fsp3) is 0.619. The van der Waals surface area contributed by atoms with Crippen LogP contribution in [0.15, 0.2) is 34.3 Å². The second kappa shape index (κ2) is 6.15. The minimum atomic E-state index is -0.350. The van der Waals surface area contributed by atoms with Gasteiger partial charge in [-0.3, -0.25) is 0 Å². The van der Waals surface area contributed by atoms with Gasteiger partial charge >= 0.3 is 0 Å². The second-order valence-corrected chi connectivity index (χ2v) is 8.32. The molecule has 0 aromatic heterocycles. The smallest absolute Gasteiger partial charge is 0.200 e. The molecule has 25 heavy (non-hydrogen) atoms. The Labute approximate surface area is 150 Å². The van der Waals surface area contributed by atoms with E-state index in [1.54, 1.807) is 0 Å². The van der Waals surface area contributed by atoms with Crippen LogP contribution in [-0.2, 0) is 22.3 Å². The Kier molecular flexibility index (Phi) is 4.09. The van der Waals surface area contributed by atoms with Gasteiger partial charge in [0.25, 0.3) is 0 Å². The molecule has 4 heteroatoms. The minimum absolute atomic E-state index is 0.235. The summed E-state index contributed by atoms with van der Waals surface area (Å²) in [7, 11) is 0. The van der Waals surface area contributed by atoms with E-state index >= 15 is 0 Å². The minimum Gasteiger partial charge on any atom is -0.478 e. The van der Waals surface area contributed by atoms with Gasteiger partial charge in [-0.25, -0.2) is 9.98 Å². The third-order valence-corrected chi connectivity index (χ3v) is 5.81. The standard InChI is InChI=1S/C21H28N2O2/c1-13(2)17-11-24-19(22-17)21(20-23-18(12-25-20)14(3)4)9-15-7-5-6-8-16(15)10-21/h5-8,13-14,17-18H,9-12H2,1-4H3/t17-,18-/m1/s1. The molecule has 0 spiro atoms. The Morgan fingerprint density at radius 1 is 0.840 bits per heavy atom. The van der Waals surface area contributed by atoms with E-state index in [1.165, 1.54) is 11.1 Å². The maximum atomic E-state index is 6.14. The van der Waals surface area contributed by atoms with Crippen molar-refractivity contribution in [2.45, 2.75) is 52.6 Å². The second-order valence-electron chi connectivity index (χ2n) is 8.32. The van der Waals surface area contributed by atoms with Crippen LogP contribution in [0.5, 0.6) is 0 Å². The lowest BCUT2D eigenvalue weighted by Crippen LogP contribution is -2.41. The van der Waals surface area contributed by atoms with E-state index in [2.05, 4.69) is 52.0 Å². The van der Waals surface area contributed by atoms with Crippen LogP contribution in [0.2, 0.25) is 0 Å². The maximum Gasteiger partial charge on any atom is 0.200 e. The summed E-state index contributed by atoms with van der Waals surface area (Å²) in [5, 5.41) is 0. The number of hydrogen-bond donors (Lipinski definition) is 0. The van der Waals surface area contributed by atoms with Crippen molar-refractivity contribution in [2.75, 3.05) is 13.2 Å². The van der Waals surface area contributed by atoms with Gasteiger partial charge < -0.3 is 9.47 Å². The van der Waals surface area contributed by atoms with Crippen molar-refractivity contribution >= 4 is 11.8 Å². The van der Waals surface area contributed by atoms with Crippen LogP contribution >= 0.6 is 0 Å². The van der Waals surface area contributed by atoms with Crippen molar-refractivity contribution in [2.24, 2.45) is 27.2 Å². The Morgan fingerprint density at radius 3 is 1.64 bits per heavy atom. The Morgan fingerprint density at radius 2 is 1.28 bits per heavy atom. The molecule has 1 aliphatic carbocycles. The van der Waals surface area contributed by atoms with Crippen molar-refractivity contribution in [3.05, 3.63) is 35.4 Å². The number of hydrogen-bond acceptors (Lipinski definition) is 4. The molecule has 2 aliphatic heterocycles. The molecule has 0 radical (unpaired) electrons. The number of rotatable bonds is 4. The maximum absolute atomic E-state index is 6.14. The molecule has 0 fully saturated rings. The number of ether oxygens (including phenoxy) is 2. The number of benzene rings is 1. The van der Waals surface area contributed by atoms with E-state index in [9.17, 15) is 0 Å². The van der Waals surface area contributed by atoms with Crippen molar-refractivity contribution < 1.29 is 9.47 Å². The SMILES string of the molecule is CC(C)[C@H]1COC(C2(C3=N[C@@H](C(C)C)CO3)Cc3ccccc3C2)=N1. The Balaban J connectivity index is 1.74. The van der Waals surface area contributed by atoms with Crippen molar-refractivity contribution in [3.63, 3.8) is 0 Å². The van der Waals surface area contributed by atoms with Crippen molar-refractivity contribution in [1.29, 1.82) is 0 Å². The third kappa shape index (κ3) is 2.76. The van der Waals surface area contributed by atoms with Gasteiger partial charge in [-0.1, -0.05) is 52.0 Å². The highest BCUT2D eigenvalue weighted by molar-refractivity contribution is 6.07. The average molecular weight is 340 g/mol. The van der Waals surface area contributed by atoms with Crippen LogP contribution in [0, 0.1) is 17.3 Å². The van der Waals surface area contributed by atoms with Crippen LogP contribution in [-0.4, -0.2) is 37.1 Å². The van der Waals surface area contributed by atoms with Crippen LogP contribution in [0.4, 0.5) is 0 Å². The lowest BCUT2D eigenvalue weighted by Gasteiger charge is -2.27. The fourth-order valence-electron chi connectivity index (χ4n) is 3.99. The molecular formula is C21H28N2O2. The first-order valence-electron chi connectivity index (χ1n) is 9.48. The van der Waals surface area contributed by atoms with Gasteiger partial charge in [0.05, 0.1) is 12.1 Å². The molecule has 1 aromatic rings. The monoisotopic (exact) mass is 340 g/mol. The van der Waals surface area contributed by atoms with Crippen LogP contribution < -0.4 is 0 Å². The number of nitrogens with zero attached hydrogens (tertiary/aromatic N) is 2. The molecule has 134 valence electrons. The van der Waals surface area contributed by atoms with Crippen molar-refractivity contribution in [1.82, 2.24) is 0 Å². The van der Waals surface area contributed by atoms with Crippen LogP contribution in [0.25, 0.3) is 0 Å². The highest BCUT2D eigenvalue weighted by Gasteiger charge is 2.52. The quantitative estimate of drug-likeness (QED) is 0.839. The molecule has 2 atom stereocenters. The lowest BCUT2D eigenvalue weighted by atomic mass is 9.83. The van der Waals surface area contributed by atoms with Gasteiger partial charge in [0, 0.05) is 0 Å². The molecule has 4 nitrogen and oxygen atoms in total. The van der Waals surface area contributed by atoms with E-state index in [1.807, 2.05) is 0 Å². The van der Waals surface area contributed by atoms with Gasteiger partial charge in [0.1, 0.15) is 18.6 Å². The predicted molar refractivity (Wildman–Crippen MR) is 100 cm³/mol. The zero-order chi connectivity index (χ0) is 17.6. The first-order valence-corrected chi connectivity index (χ1v) is 9.48. The first-order chi connectivity index (χ1) is 12.0. The Bertz CT molecular complexity index is 659. The summed E-state index contributed by atoms with van der Waals surface area (Å²) in [5.74, 6) is 2.64. The van der Waals surface area contributed by atoms with Gasteiger partial charge in [0.2, 0.25) is 0 Å². The average Bonchev–Trinajstić information content (AvgIpc) is 3.31. The number of fused-ring (bicyclic) bond motifs is 1. The highest BCUT2D eigenvalue weighted by Crippen LogP contribution is 2.43. The fourth-order valence-corrected chi connectivity index (χ4v) is 3.99. The topological polar surface area (TPSA) is 43.2 Å². The normalized spacial score (nSPS) is 27.1.